The normalized spacial score (nSPS) is 13.0. The monoisotopic (exact) mass is 291 g/mol. The van der Waals surface area contributed by atoms with Crippen molar-refractivity contribution in [1.82, 2.24) is 5.32 Å². The molecule has 1 heterocycles. The number of carbonyl (C=O) groups excluding carboxylic acids is 1. The number of nitrogens with two attached hydrogens (primary N) is 1. The third-order valence-corrected chi connectivity index (χ3v) is 3.70. The molecule has 0 unspecified atom stereocenters. The first kappa shape index (κ1) is 13.9. The Morgan fingerprint density at radius 1 is 1.09 bits per heavy atom. The fraction of sp³-hybridized carbons (Fsp3) is 0.0556. The van der Waals surface area contributed by atoms with Crippen molar-refractivity contribution in [1.29, 1.82) is 0 Å². The average Bonchev–Trinajstić information content (AvgIpc) is 3.09. The van der Waals surface area contributed by atoms with E-state index in [1.54, 1.807) is 12.1 Å². The van der Waals surface area contributed by atoms with Crippen LogP contribution in [0.1, 0.15) is 21.5 Å². The van der Waals surface area contributed by atoms with Crippen molar-refractivity contribution in [3.8, 4) is 0 Å². The standard InChI is InChI=1S/C18H17N3O/c1-13(16-4-2-3-5-17(16)18(19)22)14-6-8-15(9-7-14)21-11-10-20-12-21/h2-11,20H,1,12H2,(H2,19,22). The van der Waals surface area contributed by atoms with Crippen LogP contribution in [0.25, 0.3) is 5.57 Å². The van der Waals surface area contributed by atoms with Crippen LogP contribution in [-0.4, -0.2) is 12.6 Å². The van der Waals surface area contributed by atoms with Gasteiger partial charge in [0.1, 0.15) is 0 Å². The topological polar surface area (TPSA) is 58.4 Å². The van der Waals surface area contributed by atoms with Crippen LogP contribution in [0.15, 0.2) is 67.5 Å². The first-order valence-corrected chi connectivity index (χ1v) is 7.02. The number of carbonyl (C=O) groups is 1. The molecule has 0 saturated heterocycles. The lowest BCUT2D eigenvalue weighted by molar-refractivity contribution is 0.1000. The molecule has 0 atom stereocenters. The van der Waals surface area contributed by atoms with Crippen LogP contribution in [0.4, 0.5) is 5.69 Å². The van der Waals surface area contributed by atoms with E-state index < -0.39 is 5.91 Å². The summed E-state index contributed by atoms with van der Waals surface area (Å²) in [6.07, 6.45) is 3.90. The lowest BCUT2D eigenvalue weighted by atomic mass is 9.95. The van der Waals surface area contributed by atoms with Crippen molar-refractivity contribution in [3.63, 3.8) is 0 Å². The van der Waals surface area contributed by atoms with Gasteiger partial charge in [-0.2, -0.15) is 0 Å². The summed E-state index contributed by atoms with van der Waals surface area (Å²) in [5.74, 6) is -0.443. The molecule has 0 saturated carbocycles. The molecule has 2 aromatic rings. The quantitative estimate of drug-likeness (QED) is 0.910. The summed E-state index contributed by atoms with van der Waals surface area (Å²) >= 11 is 0. The Hall–Kier alpha value is -3.01. The van der Waals surface area contributed by atoms with Gasteiger partial charge in [0.15, 0.2) is 0 Å². The molecule has 0 aromatic heterocycles. The van der Waals surface area contributed by atoms with Gasteiger partial charge in [-0.05, 0) is 34.9 Å². The smallest absolute Gasteiger partial charge is 0.249 e. The fourth-order valence-corrected chi connectivity index (χ4v) is 2.49. The number of rotatable bonds is 4. The second kappa shape index (κ2) is 5.77. The number of nitrogens with zero attached hydrogens (tertiary/aromatic N) is 1. The van der Waals surface area contributed by atoms with Crippen LogP contribution in [0, 0.1) is 0 Å². The Labute approximate surface area is 129 Å². The molecule has 0 fully saturated rings. The molecule has 3 rings (SSSR count). The van der Waals surface area contributed by atoms with Crippen molar-refractivity contribution in [2.75, 3.05) is 11.6 Å². The number of primary amides is 1. The van der Waals surface area contributed by atoms with Gasteiger partial charge in [-0.25, -0.2) is 0 Å². The van der Waals surface area contributed by atoms with Crippen LogP contribution in [0.2, 0.25) is 0 Å². The van der Waals surface area contributed by atoms with Crippen LogP contribution in [0.3, 0.4) is 0 Å². The van der Waals surface area contributed by atoms with Gasteiger partial charge in [0.25, 0.3) is 0 Å². The van der Waals surface area contributed by atoms with Gasteiger partial charge in [0.05, 0.1) is 6.67 Å². The van der Waals surface area contributed by atoms with E-state index in [9.17, 15) is 4.79 Å². The number of hydrogen-bond acceptors (Lipinski definition) is 3. The number of amides is 1. The lowest BCUT2D eigenvalue weighted by Gasteiger charge is -2.16. The second-order valence-corrected chi connectivity index (χ2v) is 5.08. The van der Waals surface area contributed by atoms with E-state index in [2.05, 4.69) is 16.8 Å². The average molecular weight is 291 g/mol. The molecule has 4 heteroatoms. The highest BCUT2D eigenvalue weighted by molar-refractivity contribution is 5.99. The number of nitrogens with one attached hydrogen (secondary N) is 1. The highest BCUT2D eigenvalue weighted by Crippen LogP contribution is 2.26. The molecule has 1 amide bonds. The van der Waals surface area contributed by atoms with Crippen LogP contribution in [0.5, 0.6) is 0 Å². The first-order chi connectivity index (χ1) is 10.7. The van der Waals surface area contributed by atoms with E-state index in [4.69, 9.17) is 5.73 Å². The lowest BCUT2D eigenvalue weighted by Crippen LogP contribution is -2.19. The van der Waals surface area contributed by atoms with Gasteiger partial charge >= 0.3 is 0 Å². The maximum Gasteiger partial charge on any atom is 0.249 e. The van der Waals surface area contributed by atoms with Gasteiger partial charge in [-0.1, -0.05) is 36.9 Å². The van der Waals surface area contributed by atoms with Crippen molar-refractivity contribution < 1.29 is 4.79 Å². The maximum atomic E-state index is 11.5. The molecule has 2 aromatic carbocycles. The van der Waals surface area contributed by atoms with Gasteiger partial charge < -0.3 is 16.0 Å². The van der Waals surface area contributed by atoms with Gasteiger partial charge in [0, 0.05) is 23.7 Å². The van der Waals surface area contributed by atoms with E-state index in [-0.39, 0.29) is 0 Å². The number of anilines is 1. The summed E-state index contributed by atoms with van der Waals surface area (Å²) in [5, 5.41) is 3.13. The van der Waals surface area contributed by atoms with Crippen LogP contribution < -0.4 is 16.0 Å². The van der Waals surface area contributed by atoms with Crippen molar-refractivity contribution in [2.24, 2.45) is 5.73 Å². The van der Waals surface area contributed by atoms with Crippen molar-refractivity contribution in [2.45, 2.75) is 0 Å². The molecule has 1 aliphatic rings. The van der Waals surface area contributed by atoms with E-state index in [1.165, 1.54) is 0 Å². The zero-order chi connectivity index (χ0) is 15.5. The molecule has 3 N–H and O–H groups in total. The van der Waals surface area contributed by atoms with Crippen LogP contribution in [-0.2, 0) is 0 Å². The molecule has 0 bridgehead atoms. The van der Waals surface area contributed by atoms with Crippen LogP contribution >= 0.6 is 0 Å². The van der Waals surface area contributed by atoms with E-state index in [0.29, 0.717) is 5.56 Å². The van der Waals surface area contributed by atoms with E-state index >= 15 is 0 Å². The summed E-state index contributed by atoms with van der Waals surface area (Å²) in [4.78, 5) is 13.6. The number of benzene rings is 2. The third kappa shape index (κ3) is 2.59. The fourth-order valence-electron chi connectivity index (χ4n) is 2.49. The first-order valence-electron chi connectivity index (χ1n) is 7.02. The minimum Gasteiger partial charge on any atom is -0.372 e. The maximum absolute atomic E-state index is 11.5. The molecular formula is C18H17N3O. The summed E-state index contributed by atoms with van der Waals surface area (Å²) in [6.45, 7) is 4.89. The largest absolute Gasteiger partial charge is 0.372 e. The highest BCUT2D eigenvalue weighted by Gasteiger charge is 2.12. The van der Waals surface area contributed by atoms with E-state index in [1.807, 2.05) is 48.8 Å². The summed E-state index contributed by atoms with van der Waals surface area (Å²) in [7, 11) is 0. The Balaban J connectivity index is 1.89. The van der Waals surface area contributed by atoms with Gasteiger partial charge in [0.2, 0.25) is 5.91 Å². The minimum absolute atomic E-state index is 0.443. The zero-order valence-corrected chi connectivity index (χ0v) is 12.1. The third-order valence-electron chi connectivity index (χ3n) is 3.70. The minimum atomic E-state index is -0.443. The Morgan fingerprint density at radius 2 is 1.77 bits per heavy atom. The molecule has 22 heavy (non-hydrogen) atoms. The van der Waals surface area contributed by atoms with Gasteiger partial charge in [-0.15, -0.1) is 0 Å². The summed E-state index contributed by atoms with van der Waals surface area (Å²) in [5.41, 5.74) is 9.55. The molecular weight excluding hydrogens is 274 g/mol. The Bertz CT molecular complexity index is 747. The van der Waals surface area contributed by atoms with Gasteiger partial charge in [-0.3, -0.25) is 4.79 Å². The van der Waals surface area contributed by atoms with E-state index in [0.717, 1.165) is 29.1 Å². The zero-order valence-electron chi connectivity index (χ0n) is 12.1. The Morgan fingerprint density at radius 3 is 2.36 bits per heavy atom. The molecule has 0 spiro atoms. The summed E-state index contributed by atoms with van der Waals surface area (Å²) in [6, 6.07) is 15.3. The molecule has 0 aliphatic carbocycles. The Kier molecular flexibility index (Phi) is 3.66. The molecule has 4 nitrogen and oxygen atoms in total. The predicted octanol–water partition coefficient (Wildman–Crippen LogP) is 2.69. The van der Waals surface area contributed by atoms with Crippen molar-refractivity contribution >= 4 is 17.2 Å². The number of hydrogen-bond donors (Lipinski definition) is 2. The SMILES string of the molecule is C=C(c1ccc(N2C=CNC2)cc1)c1ccccc1C(N)=O. The second-order valence-electron chi connectivity index (χ2n) is 5.08. The molecule has 0 radical (unpaired) electrons. The predicted molar refractivity (Wildman–Crippen MR) is 89.2 cm³/mol. The summed E-state index contributed by atoms with van der Waals surface area (Å²) < 4.78 is 0. The highest BCUT2D eigenvalue weighted by atomic mass is 16.1. The molecule has 110 valence electrons. The molecule has 1 aliphatic heterocycles. The van der Waals surface area contributed by atoms with Crippen molar-refractivity contribution in [3.05, 3.63) is 84.2 Å².